The molecule has 0 radical (unpaired) electrons. The number of hydrogen-bond acceptors (Lipinski definition) is 3. The number of amides is 4. The molecule has 158 valence electrons. The molecule has 0 aromatic heterocycles. The Hall–Kier alpha value is -2.86. The Morgan fingerprint density at radius 1 is 1.07 bits per heavy atom. The van der Waals surface area contributed by atoms with Crippen molar-refractivity contribution in [2.24, 2.45) is 0 Å². The van der Waals surface area contributed by atoms with Gasteiger partial charge in [-0.1, -0.05) is 68.8 Å². The normalized spacial score (nSPS) is 19.0. The van der Waals surface area contributed by atoms with Crippen LogP contribution in [0, 0.1) is 0 Å². The van der Waals surface area contributed by atoms with Crippen LogP contribution in [-0.4, -0.2) is 29.3 Å². The molecule has 0 aliphatic carbocycles. The summed E-state index contributed by atoms with van der Waals surface area (Å²) in [6, 6.07) is 14.1. The second-order valence-electron chi connectivity index (χ2n) is 8.68. The zero-order valence-corrected chi connectivity index (χ0v) is 18.3. The molecule has 1 heterocycles. The summed E-state index contributed by atoms with van der Waals surface area (Å²) in [5.41, 5.74) is 1.46. The van der Waals surface area contributed by atoms with Gasteiger partial charge in [0.2, 0.25) is 5.91 Å². The van der Waals surface area contributed by atoms with Gasteiger partial charge < -0.3 is 10.6 Å². The molecule has 2 aromatic carbocycles. The average Bonchev–Trinajstić information content (AvgIpc) is 2.91. The molecule has 1 aliphatic rings. The number of nitrogens with one attached hydrogen (secondary N) is 2. The number of carbonyl (C=O) groups is 3. The Labute approximate surface area is 181 Å². The third kappa shape index (κ3) is 4.49. The van der Waals surface area contributed by atoms with E-state index in [2.05, 4.69) is 31.4 Å². The molecule has 1 atom stereocenters. The highest BCUT2D eigenvalue weighted by Crippen LogP contribution is 2.31. The van der Waals surface area contributed by atoms with E-state index in [0.717, 1.165) is 16.0 Å². The minimum absolute atomic E-state index is 0.0173. The van der Waals surface area contributed by atoms with E-state index in [4.69, 9.17) is 11.6 Å². The summed E-state index contributed by atoms with van der Waals surface area (Å²) in [4.78, 5) is 38.7. The number of nitrogens with zero attached hydrogens (tertiary/aromatic N) is 1. The minimum Gasteiger partial charge on any atom is -0.350 e. The number of carbonyl (C=O) groups excluding carboxylic acids is 3. The van der Waals surface area contributed by atoms with Crippen molar-refractivity contribution in [3.05, 3.63) is 70.2 Å². The first kappa shape index (κ1) is 21.8. The summed E-state index contributed by atoms with van der Waals surface area (Å²) in [5.74, 6) is -0.863. The summed E-state index contributed by atoms with van der Waals surface area (Å²) in [6.07, 6.45) is 0. The van der Waals surface area contributed by atoms with Gasteiger partial charge in [0.15, 0.2) is 0 Å². The summed E-state index contributed by atoms with van der Waals surface area (Å²) in [5, 5.41) is 6.06. The fourth-order valence-electron chi connectivity index (χ4n) is 3.34. The molecule has 3 rings (SSSR count). The second kappa shape index (κ2) is 8.11. The van der Waals surface area contributed by atoms with Crippen LogP contribution < -0.4 is 10.6 Å². The molecule has 7 heteroatoms. The van der Waals surface area contributed by atoms with E-state index in [1.165, 1.54) is 0 Å². The van der Waals surface area contributed by atoms with Gasteiger partial charge in [-0.25, -0.2) is 4.79 Å². The summed E-state index contributed by atoms with van der Waals surface area (Å²) in [6.45, 7) is 7.92. The van der Waals surface area contributed by atoms with E-state index < -0.39 is 23.4 Å². The second-order valence-corrected chi connectivity index (χ2v) is 9.11. The molecular formula is C23H26ClN3O3. The molecule has 0 spiro atoms. The maximum atomic E-state index is 13.0. The van der Waals surface area contributed by atoms with Crippen molar-refractivity contribution in [1.29, 1.82) is 0 Å². The van der Waals surface area contributed by atoms with Crippen LogP contribution >= 0.6 is 11.6 Å². The van der Waals surface area contributed by atoms with Gasteiger partial charge in [0.1, 0.15) is 12.1 Å². The van der Waals surface area contributed by atoms with Crippen LogP contribution in [0.15, 0.2) is 48.5 Å². The van der Waals surface area contributed by atoms with E-state index in [1.807, 2.05) is 24.3 Å². The molecule has 4 amide bonds. The molecule has 1 unspecified atom stereocenters. The zero-order chi connectivity index (χ0) is 22.1. The quantitative estimate of drug-likeness (QED) is 0.714. The van der Waals surface area contributed by atoms with Gasteiger partial charge in [-0.05, 0) is 41.2 Å². The van der Waals surface area contributed by atoms with Gasteiger partial charge in [-0.15, -0.1) is 0 Å². The maximum absolute atomic E-state index is 13.0. The van der Waals surface area contributed by atoms with E-state index in [0.29, 0.717) is 10.6 Å². The van der Waals surface area contributed by atoms with Gasteiger partial charge >= 0.3 is 6.03 Å². The molecule has 2 N–H and O–H groups in total. The maximum Gasteiger partial charge on any atom is 0.325 e. The molecule has 1 fully saturated rings. The number of hydrogen-bond donors (Lipinski definition) is 2. The minimum atomic E-state index is -1.20. The first-order valence-corrected chi connectivity index (χ1v) is 10.1. The van der Waals surface area contributed by atoms with Crippen LogP contribution in [-0.2, 0) is 27.1 Å². The van der Waals surface area contributed by atoms with E-state index >= 15 is 0 Å². The molecule has 6 nitrogen and oxygen atoms in total. The number of rotatable bonds is 5. The number of urea groups is 1. The van der Waals surface area contributed by atoms with Crippen molar-refractivity contribution in [1.82, 2.24) is 15.5 Å². The van der Waals surface area contributed by atoms with Crippen LogP contribution in [0.4, 0.5) is 4.79 Å². The third-order valence-electron chi connectivity index (χ3n) is 5.31. The topological polar surface area (TPSA) is 78.5 Å². The van der Waals surface area contributed by atoms with Crippen molar-refractivity contribution in [2.75, 3.05) is 6.54 Å². The highest BCUT2D eigenvalue weighted by molar-refractivity contribution is 6.30. The molecule has 1 saturated heterocycles. The van der Waals surface area contributed by atoms with Crippen molar-refractivity contribution >= 4 is 29.4 Å². The van der Waals surface area contributed by atoms with Gasteiger partial charge in [0.25, 0.3) is 5.91 Å². The SMILES string of the molecule is CC(C)(C)c1ccc(C2(C)NC(=O)N(CC(=O)NCc3ccc(Cl)cc3)C2=O)cc1. The van der Waals surface area contributed by atoms with Crippen LogP contribution in [0.25, 0.3) is 0 Å². The average molecular weight is 428 g/mol. The van der Waals surface area contributed by atoms with Gasteiger partial charge in [0.05, 0.1) is 0 Å². The Morgan fingerprint density at radius 3 is 2.23 bits per heavy atom. The Kier molecular flexibility index (Phi) is 5.90. The lowest BCUT2D eigenvalue weighted by Crippen LogP contribution is -2.43. The van der Waals surface area contributed by atoms with Crippen LogP contribution in [0.1, 0.15) is 44.4 Å². The molecule has 2 aromatic rings. The van der Waals surface area contributed by atoms with Crippen molar-refractivity contribution in [2.45, 2.75) is 45.2 Å². The fraction of sp³-hybridized carbons (Fsp3) is 0.348. The van der Waals surface area contributed by atoms with Gasteiger partial charge in [-0.2, -0.15) is 0 Å². The lowest BCUT2D eigenvalue weighted by atomic mass is 9.84. The first-order chi connectivity index (χ1) is 14.0. The van der Waals surface area contributed by atoms with E-state index in [9.17, 15) is 14.4 Å². The highest BCUT2D eigenvalue weighted by atomic mass is 35.5. The lowest BCUT2D eigenvalue weighted by molar-refractivity contribution is -0.134. The monoisotopic (exact) mass is 427 g/mol. The number of benzene rings is 2. The van der Waals surface area contributed by atoms with Crippen LogP contribution in [0.2, 0.25) is 5.02 Å². The van der Waals surface area contributed by atoms with Crippen LogP contribution in [0.3, 0.4) is 0 Å². The predicted molar refractivity (Wildman–Crippen MR) is 116 cm³/mol. The van der Waals surface area contributed by atoms with E-state index in [-0.39, 0.29) is 18.5 Å². The molecule has 0 saturated carbocycles. The molecule has 1 aliphatic heterocycles. The van der Waals surface area contributed by atoms with Crippen LogP contribution in [0.5, 0.6) is 0 Å². The first-order valence-electron chi connectivity index (χ1n) is 9.77. The standard InChI is InChI=1S/C23H26ClN3O3/c1-22(2,3)16-7-9-17(10-8-16)23(4)20(29)27(21(30)26-23)14-19(28)25-13-15-5-11-18(24)12-6-15/h5-12H,13-14H2,1-4H3,(H,25,28)(H,26,30). The number of imide groups is 1. The van der Waals surface area contributed by atoms with Crippen molar-refractivity contribution < 1.29 is 14.4 Å². The lowest BCUT2D eigenvalue weighted by Gasteiger charge is -2.24. The van der Waals surface area contributed by atoms with E-state index in [1.54, 1.807) is 31.2 Å². The number of halogens is 1. The van der Waals surface area contributed by atoms with Crippen molar-refractivity contribution in [3.8, 4) is 0 Å². The van der Waals surface area contributed by atoms with Crippen molar-refractivity contribution in [3.63, 3.8) is 0 Å². The Balaban J connectivity index is 1.67. The largest absolute Gasteiger partial charge is 0.350 e. The highest BCUT2D eigenvalue weighted by Gasteiger charge is 2.49. The predicted octanol–water partition coefficient (Wildman–Crippen LogP) is 3.72. The molecular weight excluding hydrogens is 402 g/mol. The summed E-state index contributed by atoms with van der Waals surface area (Å²) < 4.78 is 0. The smallest absolute Gasteiger partial charge is 0.325 e. The fourth-order valence-corrected chi connectivity index (χ4v) is 3.47. The summed E-state index contributed by atoms with van der Waals surface area (Å²) >= 11 is 5.85. The summed E-state index contributed by atoms with van der Waals surface area (Å²) in [7, 11) is 0. The molecule has 0 bridgehead atoms. The van der Waals surface area contributed by atoms with Gasteiger partial charge in [0, 0.05) is 11.6 Å². The zero-order valence-electron chi connectivity index (χ0n) is 17.6. The Morgan fingerprint density at radius 2 is 1.67 bits per heavy atom. The third-order valence-corrected chi connectivity index (χ3v) is 5.56. The Bertz CT molecular complexity index is 965. The molecule has 30 heavy (non-hydrogen) atoms. The van der Waals surface area contributed by atoms with Gasteiger partial charge in [-0.3, -0.25) is 14.5 Å².